The molecule has 0 heterocycles. The molecule has 1 aromatic rings. The van der Waals surface area contributed by atoms with Gasteiger partial charge in [0.2, 0.25) is 0 Å². The van der Waals surface area contributed by atoms with Gasteiger partial charge >= 0.3 is 0 Å². The van der Waals surface area contributed by atoms with Crippen LogP contribution in [0.1, 0.15) is 25.3 Å². The molecule has 1 rings (SSSR count). The van der Waals surface area contributed by atoms with Gasteiger partial charge in [-0.15, -0.1) is 11.8 Å². The Balaban J connectivity index is 3.20. The average Bonchev–Trinajstić information content (AvgIpc) is 2.03. The van der Waals surface area contributed by atoms with Crippen molar-refractivity contribution < 1.29 is 4.39 Å². The number of hydrogen-bond acceptors (Lipinski definition) is 1. The number of thioether (sulfide) groups is 1. The molecule has 0 N–H and O–H groups in total. The summed E-state index contributed by atoms with van der Waals surface area (Å²) in [5, 5.41) is 0. The highest BCUT2D eigenvalue weighted by molar-refractivity contribution is 7.98. The van der Waals surface area contributed by atoms with E-state index in [1.165, 1.54) is 6.07 Å². The summed E-state index contributed by atoms with van der Waals surface area (Å²) < 4.78 is 13.3. The quantitative estimate of drug-likeness (QED) is 0.632. The van der Waals surface area contributed by atoms with Crippen molar-refractivity contribution >= 4 is 11.8 Å². The average molecular weight is 184 g/mol. The first-order valence-corrected chi connectivity index (χ1v) is 5.21. The fourth-order valence-corrected chi connectivity index (χ4v) is 2.02. The van der Waals surface area contributed by atoms with E-state index in [1.54, 1.807) is 17.8 Å². The summed E-state index contributed by atoms with van der Waals surface area (Å²) >= 11 is 1.60. The second-order valence-electron chi connectivity index (χ2n) is 3.01. The largest absolute Gasteiger partial charge is 0.207 e. The molecule has 0 amide bonds. The first-order valence-electron chi connectivity index (χ1n) is 3.99. The second kappa shape index (κ2) is 3.94. The number of benzene rings is 1. The van der Waals surface area contributed by atoms with E-state index in [2.05, 4.69) is 0 Å². The summed E-state index contributed by atoms with van der Waals surface area (Å²) in [5.74, 6) is 0.172. The maximum atomic E-state index is 13.3. The molecule has 0 fully saturated rings. The van der Waals surface area contributed by atoms with Crippen molar-refractivity contribution in [1.82, 2.24) is 0 Å². The molecule has 0 aromatic heterocycles. The molecule has 0 radical (unpaired) electrons. The van der Waals surface area contributed by atoms with Gasteiger partial charge in [-0.2, -0.15) is 0 Å². The molecule has 0 unspecified atom stereocenters. The van der Waals surface area contributed by atoms with Crippen LogP contribution in [0.2, 0.25) is 0 Å². The predicted molar refractivity (Wildman–Crippen MR) is 52.3 cm³/mol. The van der Waals surface area contributed by atoms with Gasteiger partial charge in [0, 0.05) is 10.5 Å². The standard InChI is InChI=1S/C10H13FS/c1-7(2)10-8(11)5-4-6-9(10)12-3/h4-7H,1-3H3. The molecule has 0 atom stereocenters. The molecule has 66 valence electrons. The summed E-state index contributed by atoms with van der Waals surface area (Å²) in [5.41, 5.74) is 0.838. The summed E-state index contributed by atoms with van der Waals surface area (Å²) in [6.07, 6.45) is 1.97. The topological polar surface area (TPSA) is 0 Å². The van der Waals surface area contributed by atoms with Crippen LogP contribution in [-0.4, -0.2) is 6.26 Å². The Bertz CT molecular complexity index is 269. The maximum Gasteiger partial charge on any atom is 0.127 e. The minimum absolute atomic E-state index is 0.0862. The monoisotopic (exact) mass is 184 g/mol. The van der Waals surface area contributed by atoms with Gasteiger partial charge in [0.1, 0.15) is 5.82 Å². The molecular formula is C10H13FS. The van der Waals surface area contributed by atoms with E-state index in [9.17, 15) is 4.39 Å². The van der Waals surface area contributed by atoms with E-state index in [0.29, 0.717) is 0 Å². The zero-order chi connectivity index (χ0) is 9.14. The zero-order valence-electron chi connectivity index (χ0n) is 7.60. The smallest absolute Gasteiger partial charge is 0.127 e. The minimum atomic E-state index is -0.0862. The summed E-state index contributed by atoms with van der Waals surface area (Å²) in [7, 11) is 0. The Morgan fingerprint density at radius 2 is 2.00 bits per heavy atom. The van der Waals surface area contributed by atoms with Gasteiger partial charge in [0.15, 0.2) is 0 Å². The Labute approximate surface area is 77.2 Å². The van der Waals surface area contributed by atoms with E-state index in [4.69, 9.17) is 0 Å². The van der Waals surface area contributed by atoms with Crippen molar-refractivity contribution in [3.8, 4) is 0 Å². The summed E-state index contributed by atoms with van der Waals surface area (Å²) in [6, 6.07) is 5.24. The van der Waals surface area contributed by atoms with Crippen LogP contribution >= 0.6 is 11.8 Å². The van der Waals surface area contributed by atoms with Crippen LogP contribution in [0.5, 0.6) is 0 Å². The van der Waals surface area contributed by atoms with E-state index in [-0.39, 0.29) is 11.7 Å². The highest BCUT2D eigenvalue weighted by Crippen LogP contribution is 2.28. The van der Waals surface area contributed by atoms with Crippen molar-refractivity contribution in [2.75, 3.05) is 6.26 Å². The van der Waals surface area contributed by atoms with Crippen molar-refractivity contribution in [2.45, 2.75) is 24.7 Å². The fraction of sp³-hybridized carbons (Fsp3) is 0.400. The molecule has 0 aliphatic rings. The van der Waals surface area contributed by atoms with Crippen LogP contribution in [0.25, 0.3) is 0 Å². The molecule has 0 aliphatic heterocycles. The molecule has 0 spiro atoms. The van der Waals surface area contributed by atoms with Crippen LogP contribution in [0.15, 0.2) is 23.1 Å². The lowest BCUT2D eigenvalue weighted by atomic mass is 10.0. The van der Waals surface area contributed by atoms with Crippen molar-refractivity contribution in [2.24, 2.45) is 0 Å². The second-order valence-corrected chi connectivity index (χ2v) is 3.86. The fourth-order valence-electron chi connectivity index (χ4n) is 1.26. The Morgan fingerprint density at radius 3 is 2.42 bits per heavy atom. The Morgan fingerprint density at radius 1 is 1.33 bits per heavy atom. The van der Waals surface area contributed by atoms with Gasteiger partial charge in [0.25, 0.3) is 0 Å². The van der Waals surface area contributed by atoms with Gasteiger partial charge in [-0.25, -0.2) is 4.39 Å². The van der Waals surface area contributed by atoms with Crippen LogP contribution < -0.4 is 0 Å². The Kier molecular flexibility index (Phi) is 3.15. The SMILES string of the molecule is CSc1cccc(F)c1C(C)C. The molecule has 0 saturated carbocycles. The van der Waals surface area contributed by atoms with Crippen molar-refractivity contribution in [3.05, 3.63) is 29.6 Å². The zero-order valence-corrected chi connectivity index (χ0v) is 8.41. The lowest BCUT2D eigenvalue weighted by Crippen LogP contribution is -1.95. The third kappa shape index (κ3) is 1.81. The lowest BCUT2D eigenvalue weighted by molar-refractivity contribution is 0.591. The molecule has 0 bridgehead atoms. The molecule has 0 aliphatic carbocycles. The summed E-state index contributed by atoms with van der Waals surface area (Å²) in [4.78, 5) is 1.05. The van der Waals surface area contributed by atoms with Gasteiger partial charge in [0.05, 0.1) is 0 Å². The van der Waals surface area contributed by atoms with E-state index < -0.39 is 0 Å². The Hall–Kier alpha value is -0.500. The van der Waals surface area contributed by atoms with Crippen LogP contribution in [-0.2, 0) is 0 Å². The first kappa shape index (κ1) is 9.59. The highest BCUT2D eigenvalue weighted by atomic mass is 32.2. The highest BCUT2D eigenvalue weighted by Gasteiger charge is 2.10. The van der Waals surface area contributed by atoms with Gasteiger partial charge in [-0.1, -0.05) is 19.9 Å². The first-order chi connectivity index (χ1) is 5.66. The third-order valence-corrected chi connectivity index (χ3v) is 2.61. The van der Waals surface area contributed by atoms with E-state index in [0.717, 1.165) is 10.5 Å². The predicted octanol–water partition coefficient (Wildman–Crippen LogP) is 3.67. The number of halogens is 1. The summed E-state index contributed by atoms with van der Waals surface area (Å²) in [6.45, 7) is 4.02. The maximum absolute atomic E-state index is 13.3. The molecule has 1 aromatic carbocycles. The molecule has 12 heavy (non-hydrogen) atoms. The molecule has 0 nitrogen and oxygen atoms in total. The van der Waals surface area contributed by atoms with Gasteiger partial charge in [-0.05, 0) is 24.3 Å². The van der Waals surface area contributed by atoms with E-state index >= 15 is 0 Å². The van der Waals surface area contributed by atoms with Crippen LogP contribution in [0.3, 0.4) is 0 Å². The minimum Gasteiger partial charge on any atom is -0.207 e. The van der Waals surface area contributed by atoms with Crippen LogP contribution in [0.4, 0.5) is 4.39 Å². The van der Waals surface area contributed by atoms with Gasteiger partial charge in [-0.3, -0.25) is 0 Å². The van der Waals surface area contributed by atoms with Crippen LogP contribution in [0, 0.1) is 5.82 Å². The van der Waals surface area contributed by atoms with Crippen molar-refractivity contribution in [1.29, 1.82) is 0 Å². The molecule has 0 saturated heterocycles. The molecular weight excluding hydrogens is 171 g/mol. The van der Waals surface area contributed by atoms with Crippen molar-refractivity contribution in [3.63, 3.8) is 0 Å². The lowest BCUT2D eigenvalue weighted by Gasteiger charge is -2.11. The molecule has 2 heteroatoms. The van der Waals surface area contributed by atoms with Gasteiger partial charge < -0.3 is 0 Å². The number of hydrogen-bond donors (Lipinski definition) is 0. The third-order valence-electron chi connectivity index (χ3n) is 1.81. The van der Waals surface area contributed by atoms with E-state index in [1.807, 2.05) is 26.2 Å². The number of rotatable bonds is 2. The normalized spacial score (nSPS) is 10.8.